The van der Waals surface area contributed by atoms with Crippen LogP contribution in [0.1, 0.15) is 124 Å². The molecule has 0 spiro atoms. The molecule has 10 rings (SSSR count). The third-order valence-electron chi connectivity index (χ3n) is 16.1. The number of pyridine rings is 2. The van der Waals surface area contributed by atoms with Gasteiger partial charge in [0.05, 0.1) is 29.5 Å². The minimum atomic E-state index is -1.06. The molecule has 4 aromatic carbocycles. The smallest absolute Gasteiger partial charge is 0.435 e. The summed E-state index contributed by atoms with van der Waals surface area (Å²) >= 11 is 0. The Balaban J connectivity index is 0.000000203. The van der Waals surface area contributed by atoms with Crippen LogP contribution in [0.3, 0.4) is 0 Å². The Morgan fingerprint density at radius 2 is 0.772 bits per heavy atom. The lowest BCUT2D eigenvalue weighted by molar-refractivity contribution is -0.142. The maximum absolute atomic E-state index is 13.0. The Hall–Kier alpha value is -11.3. The van der Waals surface area contributed by atoms with Crippen molar-refractivity contribution in [2.45, 2.75) is 143 Å². The van der Waals surface area contributed by atoms with Crippen molar-refractivity contribution in [3.8, 4) is 22.3 Å². The van der Waals surface area contributed by atoms with Gasteiger partial charge >= 0.3 is 42.4 Å². The summed E-state index contributed by atoms with van der Waals surface area (Å²) < 4.78 is 29.0. The summed E-state index contributed by atoms with van der Waals surface area (Å²) in [5, 5.41) is 34.0. The van der Waals surface area contributed by atoms with E-state index >= 15 is 0 Å². The number of fused-ring (bicyclic) bond motifs is 8. The van der Waals surface area contributed by atoms with E-state index in [-0.39, 0.29) is 42.8 Å². The van der Waals surface area contributed by atoms with Crippen molar-refractivity contribution in [3.63, 3.8) is 0 Å². The highest BCUT2D eigenvalue weighted by atomic mass is 16.6. The number of ether oxygens (including phenoxy) is 5. The van der Waals surface area contributed by atoms with Crippen molar-refractivity contribution in [2.24, 2.45) is 0 Å². The van der Waals surface area contributed by atoms with Gasteiger partial charge in [-0.15, -0.1) is 0 Å². The van der Waals surface area contributed by atoms with Gasteiger partial charge in [-0.2, -0.15) is 19.6 Å². The van der Waals surface area contributed by atoms with Crippen LogP contribution in [0.15, 0.2) is 134 Å². The number of likely N-dealkylation sites (N-methyl/N-ethyl adjacent to an activating group) is 4. The number of carbonyl (C=O) groups excluding carboxylic acids is 7. The molecule has 0 radical (unpaired) electrons. The summed E-state index contributed by atoms with van der Waals surface area (Å²) in [5.41, 5.74) is 9.02. The van der Waals surface area contributed by atoms with E-state index in [1.807, 2.05) is 60.7 Å². The van der Waals surface area contributed by atoms with Gasteiger partial charge in [-0.3, -0.25) is 24.3 Å². The van der Waals surface area contributed by atoms with Crippen LogP contribution in [0.2, 0.25) is 0 Å². The van der Waals surface area contributed by atoms with Crippen LogP contribution in [0.4, 0.5) is 35.6 Å². The molecule has 4 heterocycles. The molecule has 0 saturated carbocycles. The number of hydrogen-bond donors (Lipinski definition) is 5. The summed E-state index contributed by atoms with van der Waals surface area (Å²) in [6.07, 6.45) is -0.197. The van der Waals surface area contributed by atoms with E-state index in [9.17, 15) is 43.2 Å². The first kappa shape index (κ1) is 77.1. The van der Waals surface area contributed by atoms with Gasteiger partial charge in [0.25, 0.3) is 0 Å². The van der Waals surface area contributed by atoms with Crippen molar-refractivity contribution in [3.05, 3.63) is 156 Å². The van der Waals surface area contributed by atoms with Crippen LogP contribution >= 0.6 is 0 Å². The number of hydrogen-bond acceptors (Lipinski definition) is 19. The van der Waals surface area contributed by atoms with Gasteiger partial charge in [-0.05, 0) is 166 Å². The molecule has 2 aliphatic carbocycles. The SMILES string of the molecule is CN[C@H](C)C(=O)Nc1ccc2c(cnn2C(=O)OC(C)(C)C)n1.C[C@H](C(=O)Nc1ccc2c(cnn2C(=O)OC(C)(C)C)n1)N(C)C(=O)OCC1c2ccccc2-c2ccccc21.C[C@H](C(=O)O)N(C)C(=O)OC(C)(C)C.C[C@H](C(=O)O)N(C)C(=O)OCC1c2ccccc2-c2ccccc21. The molecule has 101 heavy (non-hydrogen) atoms. The Morgan fingerprint density at radius 3 is 1.10 bits per heavy atom. The monoisotopic (exact) mass is 1390 g/mol. The van der Waals surface area contributed by atoms with Gasteiger partial charge in [-0.25, -0.2) is 43.5 Å². The zero-order chi connectivity index (χ0) is 74.6. The number of carboxylic acid groups (broad SMARTS) is 2. The van der Waals surface area contributed by atoms with Crippen LogP contribution in [0.25, 0.3) is 44.3 Å². The molecule has 0 aliphatic heterocycles. The van der Waals surface area contributed by atoms with Crippen LogP contribution in [0.5, 0.6) is 0 Å². The van der Waals surface area contributed by atoms with E-state index in [4.69, 9.17) is 33.9 Å². The predicted octanol–water partition coefficient (Wildman–Crippen LogP) is 11.9. The fraction of sp³-hybridized carbons (Fsp3) is 0.384. The largest absolute Gasteiger partial charge is 0.480 e. The number of nitrogens with one attached hydrogen (secondary N) is 3. The number of nitrogens with zero attached hydrogens (tertiary/aromatic N) is 9. The van der Waals surface area contributed by atoms with Crippen molar-refractivity contribution in [1.29, 1.82) is 0 Å². The first-order valence-electron chi connectivity index (χ1n) is 32.4. The molecular formula is C73H88N12O16. The Kier molecular flexibility index (Phi) is 24.9. The van der Waals surface area contributed by atoms with Crippen LogP contribution in [-0.2, 0) is 42.9 Å². The predicted molar refractivity (Wildman–Crippen MR) is 377 cm³/mol. The number of benzene rings is 4. The summed E-state index contributed by atoms with van der Waals surface area (Å²) in [6, 6.07) is 35.8. The van der Waals surface area contributed by atoms with E-state index in [1.54, 1.807) is 107 Å². The number of aliphatic carboxylic acids is 2. The average molecular weight is 1390 g/mol. The van der Waals surface area contributed by atoms with Gasteiger partial charge in [0.1, 0.15) is 70.8 Å². The molecule has 0 saturated heterocycles. The van der Waals surface area contributed by atoms with Crippen LogP contribution in [0, 0.1) is 0 Å². The summed E-state index contributed by atoms with van der Waals surface area (Å²) in [4.78, 5) is 119. The number of rotatable bonds is 14. The first-order chi connectivity index (χ1) is 47.4. The Morgan fingerprint density at radius 1 is 0.455 bits per heavy atom. The van der Waals surface area contributed by atoms with E-state index in [0.717, 1.165) is 63.7 Å². The van der Waals surface area contributed by atoms with Crippen molar-refractivity contribution in [1.82, 2.24) is 49.5 Å². The highest BCUT2D eigenvalue weighted by Gasteiger charge is 2.34. The van der Waals surface area contributed by atoms with E-state index < -0.39 is 83.2 Å². The van der Waals surface area contributed by atoms with E-state index in [0.29, 0.717) is 27.9 Å². The molecule has 4 aromatic heterocycles. The molecule has 8 aromatic rings. The number of amides is 5. The quantitative estimate of drug-likeness (QED) is 0.0631. The van der Waals surface area contributed by atoms with Gasteiger partial charge in [0, 0.05) is 33.0 Å². The molecule has 5 amide bonds. The second kappa shape index (κ2) is 32.6. The normalized spacial score (nSPS) is 13.3. The summed E-state index contributed by atoms with van der Waals surface area (Å²) in [6.45, 7) is 22.4. The fourth-order valence-electron chi connectivity index (χ4n) is 10.2. The second-order valence-corrected chi connectivity index (χ2v) is 26.9. The topological polar surface area (TPSA) is 347 Å². The number of aromatic nitrogens is 6. The number of carbonyl (C=O) groups is 9. The van der Waals surface area contributed by atoms with Crippen molar-refractivity contribution < 1.29 is 77.0 Å². The van der Waals surface area contributed by atoms with Gasteiger partial charge < -0.3 is 49.8 Å². The van der Waals surface area contributed by atoms with E-state index in [2.05, 4.69) is 72.5 Å². The van der Waals surface area contributed by atoms with Gasteiger partial charge in [0.2, 0.25) is 11.8 Å². The molecule has 0 fully saturated rings. The number of carboxylic acids is 2. The summed E-state index contributed by atoms with van der Waals surface area (Å²) in [5.74, 6) is -2.21. The molecule has 28 nitrogen and oxygen atoms in total. The molecule has 28 heteroatoms. The maximum Gasteiger partial charge on any atom is 0.435 e. The van der Waals surface area contributed by atoms with Crippen LogP contribution in [-0.4, -0.2) is 191 Å². The van der Waals surface area contributed by atoms with Crippen molar-refractivity contribution in [2.75, 3.05) is 52.0 Å². The zero-order valence-corrected chi connectivity index (χ0v) is 59.7. The maximum atomic E-state index is 13.0. The van der Waals surface area contributed by atoms with E-state index in [1.165, 1.54) is 52.3 Å². The highest BCUT2D eigenvalue weighted by molar-refractivity contribution is 5.97. The molecule has 2 aliphatic rings. The Labute approximate surface area is 585 Å². The standard InChI is InChI=1S/C30H31N5O5.C19H19NO4.C15H21N5O3.C9H17NO4/c1-18(27(36)33-26-15-14-25-24(32-26)16-31-35(25)29(38)40-30(2,3)4)34(5)28(37)39-17-23-21-12-8-6-10-19(21)20-11-7-9-13-22(20)23;1-12(18(21)22)20(2)19(23)24-11-17-15-9-5-3-7-13(15)14-8-4-6-10-16(14)17;1-9(16-5)13(21)19-12-7-6-11-10(18-12)8-17-20(11)14(22)23-15(2,3)4;1-6(7(11)12)10(5)8(13)14-9(2,3)4/h6-16,18,23H,17H2,1-5H3,(H,32,33,36);3-10,12,17H,11H2,1-2H3,(H,21,22);6-9,16H,1-5H3,(H,18,19,21);6H,1-5H3,(H,11,12)/t18-;12-;9-;6-/m1111/s1. The highest BCUT2D eigenvalue weighted by Crippen LogP contribution is 2.46. The minimum absolute atomic E-state index is 0.0325. The average Bonchev–Trinajstić information content (AvgIpc) is 1.63. The third kappa shape index (κ3) is 19.8. The molecule has 5 N–H and O–H groups in total. The van der Waals surface area contributed by atoms with Crippen LogP contribution < -0.4 is 16.0 Å². The second-order valence-electron chi connectivity index (χ2n) is 26.9. The first-order valence-corrected chi connectivity index (χ1v) is 32.4. The third-order valence-corrected chi connectivity index (χ3v) is 16.1. The lowest BCUT2D eigenvalue weighted by atomic mass is 9.98. The molecular weight excluding hydrogens is 1300 g/mol. The lowest BCUT2D eigenvalue weighted by Gasteiger charge is -2.26. The van der Waals surface area contributed by atoms with Gasteiger partial charge in [0.15, 0.2) is 0 Å². The molecule has 0 unspecified atom stereocenters. The Bertz CT molecular complexity index is 4270. The van der Waals surface area contributed by atoms with Gasteiger partial charge in [-0.1, -0.05) is 97.1 Å². The van der Waals surface area contributed by atoms with Crippen molar-refractivity contribution >= 4 is 87.9 Å². The number of anilines is 2. The lowest BCUT2D eigenvalue weighted by Crippen LogP contribution is -2.43. The minimum Gasteiger partial charge on any atom is -0.480 e. The fourth-order valence-corrected chi connectivity index (χ4v) is 10.2. The molecule has 0 bridgehead atoms. The summed E-state index contributed by atoms with van der Waals surface area (Å²) in [7, 11) is 6.04. The molecule has 4 atom stereocenters. The zero-order valence-electron chi connectivity index (χ0n) is 59.7. The molecule has 536 valence electrons.